The summed E-state index contributed by atoms with van der Waals surface area (Å²) >= 11 is 0. The second-order valence-electron chi connectivity index (χ2n) is 7.03. The van der Waals surface area contributed by atoms with Gasteiger partial charge in [0.2, 0.25) is 0 Å². The van der Waals surface area contributed by atoms with Gasteiger partial charge in [-0.3, -0.25) is 0 Å². The van der Waals surface area contributed by atoms with Crippen LogP contribution in [-0.4, -0.2) is 31.8 Å². The van der Waals surface area contributed by atoms with Gasteiger partial charge in [-0.05, 0) is 37.6 Å². The van der Waals surface area contributed by atoms with Crippen LogP contribution in [0.1, 0.15) is 31.0 Å². The van der Waals surface area contributed by atoms with Crippen molar-refractivity contribution in [3.8, 4) is 11.5 Å². The smallest absolute Gasteiger partial charge is 0.127 e. The largest absolute Gasteiger partial charge is 0.491 e. The van der Waals surface area contributed by atoms with Crippen molar-refractivity contribution in [1.82, 2.24) is 10.6 Å². The Balaban J connectivity index is 1.72. The van der Waals surface area contributed by atoms with Crippen molar-refractivity contribution >= 4 is 5.57 Å². The van der Waals surface area contributed by atoms with Gasteiger partial charge in [0.1, 0.15) is 18.1 Å². The topological polar surface area (TPSA) is 42.5 Å². The molecule has 2 aliphatic rings. The molecule has 0 aliphatic carbocycles. The maximum atomic E-state index is 6.09. The molecule has 0 radical (unpaired) electrons. The lowest BCUT2D eigenvalue weighted by Gasteiger charge is -2.38. The molecule has 2 aromatic rings. The zero-order valence-electron chi connectivity index (χ0n) is 15.4. The number of para-hydroxylation sites is 2. The van der Waals surface area contributed by atoms with E-state index in [1.807, 2.05) is 18.2 Å². The van der Waals surface area contributed by atoms with Gasteiger partial charge in [-0.15, -0.1) is 0 Å². The van der Waals surface area contributed by atoms with Crippen molar-refractivity contribution in [1.29, 1.82) is 0 Å². The van der Waals surface area contributed by atoms with Crippen LogP contribution in [0.3, 0.4) is 0 Å². The molecule has 26 heavy (non-hydrogen) atoms. The van der Waals surface area contributed by atoms with Crippen molar-refractivity contribution < 1.29 is 9.47 Å². The number of piperazine rings is 1. The van der Waals surface area contributed by atoms with E-state index in [-0.39, 0.29) is 18.2 Å². The van der Waals surface area contributed by atoms with E-state index in [2.05, 4.69) is 60.9 Å². The average molecular weight is 350 g/mol. The van der Waals surface area contributed by atoms with Crippen molar-refractivity contribution in [2.75, 3.05) is 19.7 Å². The zero-order chi connectivity index (χ0) is 17.9. The molecule has 2 N–H and O–H groups in total. The molecule has 2 aromatic carbocycles. The molecular weight excluding hydrogens is 324 g/mol. The van der Waals surface area contributed by atoms with Crippen molar-refractivity contribution in [3.63, 3.8) is 0 Å². The van der Waals surface area contributed by atoms with Gasteiger partial charge >= 0.3 is 0 Å². The Labute approximate surface area is 155 Å². The first-order valence-corrected chi connectivity index (χ1v) is 9.38. The van der Waals surface area contributed by atoms with E-state index in [0.717, 1.165) is 24.6 Å². The van der Waals surface area contributed by atoms with Gasteiger partial charge in [-0.1, -0.05) is 36.4 Å². The van der Waals surface area contributed by atoms with E-state index < -0.39 is 0 Å². The SMILES string of the molecule is CC(C)Oc1ccccc1C1NCCNC1C1=CCOc2ccccc21. The molecule has 0 saturated carbocycles. The average Bonchev–Trinajstić information content (AvgIpc) is 2.68. The molecule has 1 saturated heterocycles. The van der Waals surface area contributed by atoms with Crippen LogP contribution in [0.2, 0.25) is 0 Å². The molecule has 0 bridgehead atoms. The van der Waals surface area contributed by atoms with Crippen LogP contribution in [0, 0.1) is 0 Å². The lowest BCUT2D eigenvalue weighted by Crippen LogP contribution is -2.51. The molecule has 0 amide bonds. The van der Waals surface area contributed by atoms with Gasteiger partial charge in [-0.2, -0.15) is 0 Å². The van der Waals surface area contributed by atoms with Crippen LogP contribution in [-0.2, 0) is 0 Å². The second-order valence-corrected chi connectivity index (χ2v) is 7.03. The second kappa shape index (κ2) is 7.52. The van der Waals surface area contributed by atoms with Crippen LogP contribution < -0.4 is 20.1 Å². The van der Waals surface area contributed by atoms with E-state index in [1.165, 1.54) is 16.7 Å². The van der Waals surface area contributed by atoms with Gasteiger partial charge in [0.25, 0.3) is 0 Å². The van der Waals surface area contributed by atoms with Gasteiger partial charge in [-0.25, -0.2) is 0 Å². The predicted molar refractivity (Wildman–Crippen MR) is 105 cm³/mol. The summed E-state index contributed by atoms with van der Waals surface area (Å²) in [5.74, 6) is 1.91. The maximum absolute atomic E-state index is 6.09. The summed E-state index contributed by atoms with van der Waals surface area (Å²) in [6, 6.07) is 17.0. The lowest BCUT2D eigenvalue weighted by atomic mass is 9.86. The first kappa shape index (κ1) is 17.1. The number of nitrogens with one attached hydrogen (secondary N) is 2. The van der Waals surface area contributed by atoms with Crippen LogP contribution in [0.15, 0.2) is 54.6 Å². The minimum Gasteiger partial charge on any atom is -0.491 e. The highest BCUT2D eigenvalue weighted by Crippen LogP contribution is 2.38. The standard InChI is InChI=1S/C22H26N2O2/c1-15(2)26-20-10-6-4-8-18(20)22-21(23-12-13-24-22)17-11-14-25-19-9-5-3-7-16(17)19/h3-11,15,21-24H,12-14H2,1-2H3. The molecule has 0 spiro atoms. The summed E-state index contributed by atoms with van der Waals surface area (Å²) in [5.41, 5.74) is 3.67. The predicted octanol–water partition coefficient (Wildman–Crippen LogP) is 3.55. The third kappa shape index (κ3) is 3.35. The maximum Gasteiger partial charge on any atom is 0.127 e. The highest BCUT2D eigenvalue weighted by Gasteiger charge is 2.33. The van der Waals surface area contributed by atoms with Crippen molar-refractivity contribution in [2.24, 2.45) is 0 Å². The zero-order valence-corrected chi connectivity index (χ0v) is 15.4. The first-order valence-electron chi connectivity index (χ1n) is 9.38. The third-order valence-electron chi connectivity index (χ3n) is 4.88. The van der Waals surface area contributed by atoms with E-state index in [9.17, 15) is 0 Å². The number of fused-ring (bicyclic) bond motifs is 1. The molecule has 2 unspecified atom stereocenters. The van der Waals surface area contributed by atoms with Crippen molar-refractivity contribution in [3.05, 3.63) is 65.7 Å². The Morgan fingerprint density at radius 3 is 2.54 bits per heavy atom. The molecule has 2 heterocycles. The Kier molecular flexibility index (Phi) is 4.96. The summed E-state index contributed by atoms with van der Waals surface area (Å²) < 4.78 is 11.9. The monoisotopic (exact) mass is 350 g/mol. The summed E-state index contributed by atoms with van der Waals surface area (Å²) in [7, 11) is 0. The normalized spacial score (nSPS) is 22.3. The molecule has 136 valence electrons. The number of rotatable bonds is 4. The molecular formula is C22H26N2O2. The van der Waals surface area contributed by atoms with Gasteiger partial charge in [0.15, 0.2) is 0 Å². The summed E-state index contributed by atoms with van der Waals surface area (Å²) in [6.07, 6.45) is 2.35. The number of hydrogen-bond donors (Lipinski definition) is 2. The third-order valence-corrected chi connectivity index (χ3v) is 4.88. The van der Waals surface area contributed by atoms with Gasteiger partial charge < -0.3 is 20.1 Å². The lowest BCUT2D eigenvalue weighted by molar-refractivity contribution is 0.235. The van der Waals surface area contributed by atoms with Crippen LogP contribution in [0.4, 0.5) is 0 Å². The minimum absolute atomic E-state index is 0.147. The number of hydrogen-bond acceptors (Lipinski definition) is 4. The van der Waals surface area contributed by atoms with E-state index in [0.29, 0.717) is 6.61 Å². The molecule has 2 aliphatic heterocycles. The molecule has 4 rings (SSSR count). The van der Waals surface area contributed by atoms with E-state index >= 15 is 0 Å². The first-order chi connectivity index (χ1) is 12.7. The Morgan fingerprint density at radius 1 is 0.962 bits per heavy atom. The highest BCUT2D eigenvalue weighted by atomic mass is 16.5. The fourth-order valence-corrected chi connectivity index (χ4v) is 3.83. The highest BCUT2D eigenvalue weighted by molar-refractivity contribution is 5.76. The fraction of sp³-hybridized carbons (Fsp3) is 0.364. The molecule has 4 heteroatoms. The molecule has 1 fully saturated rings. The summed E-state index contributed by atoms with van der Waals surface area (Å²) in [5, 5.41) is 7.42. The quantitative estimate of drug-likeness (QED) is 0.885. The summed E-state index contributed by atoms with van der Waals surface area (Å²) in [6.45, 7) is 6.62. The Hall–Kier alpha value is -2.30. The van der Waals surface area contributed by atoms with Crippen LogP contribution in [0.5, 0.6) is 11.5 Å². The Bertz CT molecular complexity index is 800. The van der Waals surface area contributed by atoms with E-state index in [1.54, 1.807) is 0 Å². The van der Waals surface area contributed by atoms with Crippen LogP contribution in [0.25, 0.3) is 5.57 Å². The summed E-state index contributed by atoms with van der Waals surface area (Å²) in [4.78, 5) is 0. The molecule has 0 aromatic heterocycles. The molecule has 2 atom stereocenters. The van der Waals surface area contributed by atoms with Crippen LogP contribution >= 0.6 is 0 Å². The van der Waals surface area contributed by atoms with Gasteiger partial charge in [0, 0.05) is 24.2 Å². The number of ether oxygens (including phenoxy) is 2. The Morgan fingerprint density at radius 2 is 1.69 bits per heavy atom. The number of benzene rings is 2. The fourth-order valence-electron chi connectivity index (χ4n) is 3.83. The minimum atomic E-state index is 0.147. The van der Waals surface area contributed by atoms with E-state index in [4.69, 9.17) is 9.47 Å². The van der Waals surface area contributed by atoms with Gasteiger partial charge in [0.05, 0.1) is 18.2 Å². The molecule has 4 nitrogen and oxygen atoms in total. The van der Waals surface area contributed by atoms with Crippen molar-refractivity contribution in [2.45, 2.75) is 32.0 Å².